The normalized spacial score (nSPS) is 27.6. The van der Waals surface area contributed by atoms with Crippen molar-refractivity contribution in [2.75, 3.05) is 20.2 Å². The molecule has 1 saturated carbocycles. The third-order valence-corrected chi connectivity index (χ3v) is 4.51. The predicted octanol–water partition coefficient (Wildman–Crippen LogP) is 2.33. The van der Waals surface area contributed by atoms with Gasteiger partial charge in [0.05, 0.1) is 6.61 Å². The van der Waals surface area contributed by atoms with E-state index in [4.69, 9.17) is 5.11 Å². The summed E-state index contributed by atoms with van der Waals surface area (Å²) in [5.74, 6) is 1.20. The lowest BCUT2D eigenvalue weighted by Crippen LogP contribution is -2.41. The van der Waals surface area contributed by atoms with Gasteiger partial charge in [-0.3, -0.25) is 4.79 Å². The fraction of sp³-hybridized carbons (Fsp3) is 0.933. The number of hydrogen-bond acceptors (Lipinski definition) is 3. The van der Waals surface area contributed by atoms with E-state index in [1.807, 2.05) is 14.0 Å². The standard InChI is InChI=1S/C15H29NO2/c1-11(10-17)16(5)9-12-8-13(15(2,3)4)6-7-14(12)18/h11-13,17H,6-10H2,1-5H3. The lowest BCUT2D eigenvalue weighted by atomic mass is 9.68. The Morgan fingerprint density at radius 3 is 2.56 bits per heavy atom. The minimum atomic E-state index is 0.132. The van der Waals surface area contributed by atoms with E-state index in [0.717, 1.165) is 25.8 Å². The smallest absolute Gasteiger partial charge is 0.137 e. The van der Waals surface area contributed by atoms with Crippen LogP contribution in [-0.2, 0) is 4.79 Å². The lowest BCUT2D eigenvalue weighted by molar-refractivity contribution is -0.127. The second kappa shape index (κ2) is 6.16. The van der Waals surface area contributed by atoms with Crippen molar-refractivity contribution in [3.8, 4) is 0 Å². The highest BCUT2D eigenvalue weighted by molar-refractivity contribution is 5.82. The first-order chi connectivity index (χ1) is 8.25. The van der Waals surface area contributed by atoms with Crippen LogP contribution in [-0.4, -0.2) is 42.0 Å². The van der Waals surface area contributed by atoms with Crippen LogP contribution in [0.5, 0.6) is 0 Å². The molecular formula is C15H29NO2. The topological polar surface area (TPSA) is 40.5 Å². The maximum absolute atomic E-state index is 12.0. The van der Waals surface area contributed by atoms with E-state index in [9.17, 15) is 4.79 Å². The largest absolute Gasteiger partial charge is 0.395 e. The van der Waals surface area contributed by atoms with E-state index in [0.29, 0.717) is 17.1 Å². The summed E-state index contributed by atoms with van der Waals surface area (Å²) >= 11 is 0. The molecule has 3 nitrogen and oxygen atoms in total. The second-order valence-electron chi connectivity index (χ2n) is 6.97. The molecule has 0 heterocycles. The molecule has 1 aliphatic carbocycles. The summed E-state index contributed by atoms with van der Waals surface area (Å²) in [5, 5.41) is 9.16. The highest BCUT2D eigenvalue weighted by Gasteiger charge is 2.35. The molecular weight excluding hydrogens is 226 g/mol. The van der Waals surface area contributed by atoms with Gasteiger partial charge in [-0.2, -0.15) is 0 Å². The Hall–Kier alpha value is -0.410. The first-order valence-corrected chi connectivity index (χ1v) is 7.09. The summed E-state index contributed by atoms with van der Waals surface area (Å²) in [6.45, 7) is 9.74. The minimum Gasteiger partial charge on any atom is -0.395 e. The molecule has 3 unspecified atom stereocenters. The first-order valence-electron chi connectivity index (χ1n) is 7.09. The Morgan fingerprint density at radius 1 is 1.44 bits per heavy atom. The summed E-state index contributed by atoms with van der Waals surface area (Å²) in [4.78, 5) is 14.1. The zero-order valence-corrected chi connectivity index (χ0v) is 12.6. The van der Waals surface area contributed by atoms with Gasteiger partial charge in [0.2, 0.25) is 0 Å². The molecule has 1 rings (SSSR count). The second-order valence-corrected chi connectivity index (χ2v) is 6.97. The first kappa shape index (κ1) is 15.6. The van der Waals surface area contributed by atoms with Gasteiger partial charge in [0.25, 0.3) is 0 Å². The van der Waals surface area contributed by atoms with Gasteiger partial charge in [-0.15, -0.1) is 0 Å². The van der Waals surface area contributed by atoms with Crippen molar-refractivity contribution < 1.29 is 9.90 Å². The van der Waals surface area contributed by atoms with Gasteiger partial charge in [-0.1, -0.05) is 20.8 Å². The van der Waals surface area contributed by atoms with Crippen molar-refractivity contribution in [3.05, 3.63) is 0 Å². The number of aliphatic hydroxyl groups excluding tert-OH is 1. The molecule has 0 bridgehead atoms. The van der Waals surface area contributed by atoms with E-state index >= 15 is 0 Å². The summed E-state index contributed by atoms with van der Waals surface area (Å²) in [7, 11) is 1.99. The highest BCUT2D eigenvalue weighted by Crippen LogP contribution is 2.39. The summed E-state index contributed by atoms with van der Waals surface area (Å²) in [5.41, 5.74) is 0.292. The summed E-state index contributed by atoms with van der Waals surface area (Å²) in [6.07, 6.45) is 2.77. The number of aliphatic hydroxyl groups is 1. The van der Waals surface area contributed by atoms with Crippen molar-refractivity contribution in [3.63, 3.8) is 0 Å². The maximum atomic E-state index is 12.0. The molecule has 106 valence electrons. The fourth-order valence-electron chi connectivity index (χ4n) is 2.74. The van der Waals surface area contributed by atoms with Gasteiger partial charge < -0.3 is 10.0 Å². The number of nitrogens with zero attached hydrogens (tertiary/aromatic N) is 1. The molecule has 0 aromatic heterocycles. The minimum absolute atomic E-state index is 0.132. The van der Waals surface area contributed by atoms with Gasteiger partial charge in [-0.05, 0) is 38.1 Å². The molecule has 1 fully saturated rings. The van der Waals surface area contributed by atoms with Crippen LogP contribution in [0.4, 0.5) is 0 Å². The van der Waals surface area contributed by atoms with E-state index in [1.54, 1.807) is 0 Å². The zero-order chi connectivity index (χ0) is 13.9. The van der Waals surface area contributed by atoms with Crippen LogP contribution in [0.25, 0.3) is 0 Å². The van der Waals surface area contributed by atoms with E-state index in [-0.39, 0.29) is 18.6 Å². The van der Waals surface area contributed by atoms with E-state index in [1.165, 1.54) is 0 Å². The number of rotatable bonds is 4. The van der Waals surface area contributed by atoms with Crippen molar-refractivity contribution in [2.24, 2.45) is 17.3 Å². The predicted molar refractivity (Wildman–Crippen MR) is 74.5 cm³/mol. The average Bonchev–Trinajstić information content (AvgIpc) is 2.29. The molecule has 1 N–H and O–H groups in total. The van der Waals surface area contributed by atoms with Crippen LogP contribution in [0, 0.1) is 17.3 Å². The monoisotopic (exact) mass is 255 g/mol. The van der Waals surface area contributed by atoms with Crippen LogP contribution in [0.2, 0.25) is 0 Å². The molecule has 0 aromatic rings. The molecule has 0 radical (unpaired) electrons. The van der Waals surface area contributed by atoms with Crippen molar-refractivity contribution in [2.45, 2.75) is 53.0 Å². The number of hydrogen-bond donors (Lipinski definition) is 1. The molecule has 1 aliphatic rings. The van der Waals surface area contributed by atoms with E-state index < -0.39 is 0 Å². The van der Waals surface area contributed by atoms with Gasteiger partial charge in [0, 0.05) is 24.9 Å². The van der Waals surface area contributed by atoms with Gasteiger partial charge in [0.1, 0.15) is 5.78 Å². The zero-order valence-electron chi connectivity index (χ0n) is 12.6. The Labute approximate surface area is 112 Å². The maximum Gasteiger partial charge on any atom is 0.137 e. The molecule has 0 saturated heterocycles. The molecule has 18 heavy (non-hydrogen) atoms. The summed E-state index contributed by atoms with van der Waals surface area (Å²) < 4.78 is 0. The summed E-state index contributed by atoms with van der Waals surface area (Å²) in [6, 6.07) is 0.132. The average molecular weight is 255 g/mol. The van der Waals surface area contributed by atoms with Crippen LogP contribution in [0.3, 0.4) is 0 Å². The van der Waals surface area contributed by atoms with E-state index in [2.05, 4.69) is 25.7 Å². The van der Waals surface area contributed by atoms with Gasteiger partial charge in [0.15, 0.2) is 0 Å². The Morgan fingerprint density at radius 2 is 2.06 bits per heavy atom. The molecule has 3 heteroatoms. The molecule has 0 amide bonds. The van der Waals surface area contributed by atoms with Gasteiger partial charge in [-0.25, -0.2) is 0 Å². The van der Waals surface area contributed by atoms with Crippen molar-refractivity contribution >= 4 is 5.78 Å². The number of carbonyl (C=O) groups excluding carboxylic acids is 1. The molecule has 0 aliphatic heterocycles. The Kier molecular flexibility index (Phi) is 5.35. The Balaban J connectivity index is 2.60. The molecule has 3 atom stereocenters. The lowest BCUT2D eigenvalue weighted by Gasteiger charge is -2.38. The number of carbonyl (C=O) groups is 1. The number of likely N-dealkylation sites (N-methyl/N-ethyl adjacent to an activating group) is 1. The van der Waals surface area contributed by atoms with Crippen LogP contribution in [0.1, 0.15) is 47.0 Å². The van der Waals surface area contributed by atoms with Crippen LogP contribution < -0.4 is 0 Å². The quantitative estimate of drug-likeness (QED) is 0.838. The number of Topliss-reactive ketones (excluding diaryl/α,β-unsaturated/α-hetero) is 1. The van der Waals surface area contributed by atoms with Crippen molar-refractivity contribution in [1.82, 2.24) is 4.90 Å². The third kappa shape index (κ3) is 4.06. The fourth-order valence-corrected chi connectivity index (χ4v) is 2.74. The molecule has 0 spiro atoms. The van der Waals surface area contributed by atoms with Gasteiger partial charge >= 0.3 is 0 Å². The molecule has 0 aromatic carbocycles. The number of ketones is 1. The third-order valence-electron chi connectivity index (χ3n) is 4.51. The van der Waals surface area contributed by atoms with Crippen molar-refractivity contribution in [1.29, 1.82) is 0 Å². The Bertz CT molecular complexity index is 283. The SMILES string of the molecule is CC(CO)N(C)CC1CC(C(C)(C)C)CCC1=O. The highest BCUT2D eigenvalue weighted by atomic mass is 16.3. The van der Waals surface area contributed by atoms with Crippen LogP contribution in [0.15, 0.2) is 0 Å². The van der Waals surface area contributed by atoms with Crippen LogP contribution >= 0.6 is 0 Å².